The lowest BCUT2D eigenvalue weighted by Crippen LogP contribution is -2.42. The largest absolute Gasteiger partial charge is 0.327 e. The summed E-state index contributed by atoms with van der Waals surface area (Å²) < 4.78 is 12.5. The van der Waals surface area contributed by atoms with Crippen LogP contribution in [0.25, 0.3) is 0 Å². The molecule has 0 aliphatic heterocycles. The third-order valence-corrected chi connectivity index (χ3v) is 5.45. The third-order valence-electron chi connectivity index (χ3n) is 3.41. The molecular weight excluding hydrogens is 254 g/mol. The molecule has 17 heavy (non-hydrogen) atoms. The van der Waals surface area contributed by atoms with Gasteiger partial charge in [-0.3, -0.25) is 4.21 Å². The molecule has 94 valence electrons. The van der Waals surface area contributed by atoms with Crippen LogP contribution in [0.15, 0.2) is 29.2 Å². The molecule has 1 aliphatic rings. The van der Waals surface area contributed by atoms with E-state index in [9.17, 15) is 4.21 Å². The predicted octanol–water partition coefficient (Wildman–Crippen LogP) is 2.96. The topological polar surface area (TPSA) is 43.1 Å². The molecule has 1 aromatic carbocycles. The van der Waals surface area contributed by atoms with Crippen LogP contribution in [0.1, 0.15) is 26.2 Å². The monoisotopic (exact) mass is 271 g/mol. The highest BCUT2D eigenvalue weighted by Gasteiger charge is 2.31. The summed E-state index contributed by atoms with van der Waals surface area (Å²) in [6.45, 7) is 2.20. The van der Waals surface area contributed by atoms with Crippen molar-refractivity contribution in [3.05, 3.63) is 29.3 Å². The van der Waals surface area contributed by atoms with Gasteiger partial charge in [-0.25, -0.2) is 0 Å². The van der Waals surface area contributed by atoms with E-state index in [1.54, 1.807) is 12.1 Å². The molecule has 4 heteroatoms. The van der Waals surface area contributed by atoms with Crippen LogP contribution in [0, 0.1) is 5.92 Å². The summed E-state index contributed by atoms with van der Waals surface area (Å²) in [6.07, 6.45) is 3.06. The van der Waals surface area contributed by atoms with Crippen LogP contribution >= 0.6 is 11.6 Å². The molecule has 0 saturated heterocycles. The maximum Gasteiger partial charge on any atom is 0.0577 e. The molecular formula is C13H18ClNOS. The van der Waals surface area contributed by atoms with Gasteiger partial charge < -0.3 is 5.73 Å². The maximum atomic E-state index is 12.5. The molecule has 0 spiro atoms. The van der Waals surface area contributed by atoms with E-state index < -0.39 is 10.8 Å². The lowest BCUT2D eigenvalue weighted by Gasteiger charge is -2.31. The van der Waals surface area contributed by atoms with Crippen molar-refractivity contribution >= 4 is 22.4 Å². The Morgan fingerprint density at radius 3 is 2.88 bits per heavy atom. The summed E-state index contributed by atoms with van der Waals surface area (Å²) in [4.78, 5) is 0.798. The number of nitrogens with two attached hydrogens (primary N) is 1. The summed E-state index contributed by atoms with van der Waals surface area (Å²) in [6, 6.07) is 7.34. The number of benzene rings is 1. The second-order valence-electron chi connectivity index (χ2n) is 4.88. The van der Waals surface area contributed by atoms with Crippen LogP contribution < -0.4 is 5.73 Å². The average molecular weight is 272 g/mol. The van der Waals surface area contributed by atoms with E-state index in [2.05, 4.69) is 6.92 Å². The first-order valence-electron chi connectivity index (χ1n) is 5.99. The number of hydrogen-bond donors (Lipinski definition) is 1. The number of hydrogen-bond acceptors (Lipinski definition) is 2. The van der Waals surface area contributed by atoms with Crippen molar-refractivity contribution in [2.75, 3.05) is 0 Å². The van der Waals surface area contributed by atoms with E-state index in [1.807, 2.05) is 12.1 Å². The minimum atomic E-state index is -1.04. The molecule has 1 aliphatic carbocycles. The zero-order valence-corrected chi connectivity index (χ0v) is 11.5. The van der Waals surface area contributed by atoms with Gasteiger partial charge in [0.25, 0.3) is 0 Å². The Labute approximate surface area is 110 Å². The van der Waals surface area contributed by atoms with Gasteiger partial charge in [-0.05, 0) is 43.4 Å². The molecule has 1 fully saturated rings. The molecule has 1 aromatic rings. The van der Waals surface area contributed by atoms with Crippen LogP contribution in [0.3, 0.4) is 0 Å². The number of rotatable bonds is 2. The van der Waals surface area contributed by atoms with Crippen molar-refractivity contribution < 1.29 is 4.21 Å². The molecule has 1 saturated carbocycles. The van der Waals surface area contributed by atoms with Crippen molar-refractivity contribution in [3.63, 3.8) is 0 Å². The lowest BCUT2D eigenvalue weighted by atomic mass is 9.87. The molecule has 0 heterocycles. The van der Waals surface area contributed by atoms with Gasteiger partial charge in [-0.1, -0.05) is 24.6 Å². The van der Waals surface area contributed by atoms with Crippen molar-refractivity contribution in [2.45, 2.75) is 42.4 Å². The first kappa shape index (κ1) is 13.1. The average Bonchev–Trinajstić information content (AvgIpc) is 2.31. The van der Waals surface area contributed by atoms with Gasteiger partial charge in [0.1, 0.15) is 0 Å². The molecule has 2 nitrogen and oxygen atoms in total. The van der Waals surface area contributed by atoms with E-state index >= 15 is 0 Å². The van der Waals surface area contributed by atoms with Gasteiger partial charge in [-0.2, -0.15) is 0 Å². The van der Waals surface area contributed by atoms with Crippen LogP contribution in [0.2, 0.25) is 5.02 Å². The van der Waals surface area contributed by atoms with Crippen molar-refractivity contribution in [2.24, 2.45) is 11.7 Å². The van der Waals surface area contributed by atoms with Crippen molar-refractivity contribution in [1.29, 1.82) is 0 Å². The molecule has 2 rings (SSSR count). The minimum absolute atomic E-state index is 0.0472. The van der Waals surface area contributed by atoms with Crippen LogP contribution in [0.4, 0.5) is 0 Å². The quantitative estimate of drug-likeness (QED) is 0.899. The van der Waals surface area contributed by atoms with E-state index in [0.717, 1.165) is 24.2 Å². The summed E-state index contributed by atoms with van der Waals surface area (Å²) in [5.74, 6) is 0.614. The fraction of sp³-hybridized carbons (Fsp3) is 0.538. The van der Waals surface area contributed by atoms with Crippen LogP contribution in [-0.2, 0) is 10.8 Å². The Balaban J connectivity index is 2.18. The second-order valence-corrected chi connectivity index (χ2v) is 6.98. The van der Waals surface area contributed by atoms with E-state index in [0.29, 0.717) is 10.9 Å². The minimum Gasteiger partial charge on any atom is -0.327 e. The van der Waals surface area contributed by atoms with Crippen LogP contribution in [0.5, 0.6) is 0 Å². The SMILES string of the molecule is CC1CCC(N)C(S(=O)c2cccc(Cl)c2)C1. The lowest BCUT2D eigenvalue weighted by molar-refractivity contribution is 0.353. The third kappa shape index (κ3) is 3.09. The molecule has 4 unspecified atom stereocenters. The molecule has 2 N–H and O–H groups in total. The van der Waals surface area contributed by atoms with Gasteiger partial charge in [-0.15, -0.1) is 0 Å². The summed E-state index contributed by atoms with van der Waals surface area (Å²) in [7, 11) is -1.04. The van der Waals surface area contributed by atoms with Gasteiger partial charge in [0.2, 0.25) is 0 Å². The maximum absolute atomic E-state index is 12.5. The zero-order valence-electron chi connectivity index (χ0n) is 9.93. The van der Waals surface area contributed by atoms with Gasteiger partial charge in [0.15, 0.2) is 0 Å². The fourth-order valence-corrected chi connectivity index (χ4v) is 4.38. The Hall–Kier alpha value is -0.380. The van der Waals surface area contributed by atoms with Gasteiger partial charge >= 0.3 is 0 Å². The first-order valence-corrected chi connectivity index (χ1v) is 7.58. The Bertz CT molecular complexity index is 424. The van der Waals surface area contributed by atoms with Gasteiger partial charge in [0, 0.05) is 16.0 Å². The van der Waals surface area contributed by atoms with Gasteiger partial charge in [0.05, 0.1) is 16.0 Å². The second kappa shape index (κ2) is 5.51. The number of halogens is 1. The molecule has 0 amide bonds. The van der Waals surface area contributed by atoms with Crippen LogP contribution in [-0.4, -0.2) is 15.5 Å². The summed E-state index contributed by atoms with van der Waals surface area (Å²) in [5.41, 5.74) is 6.09. The Morgan fingerprint density at radius 2 is 2.18 bits per heavy atom. The van der Waals surface area contributed by atoms with Crippen molar-refractivity contribution in [3.8, 4) is 0 Å². The first-order chi connectivity index (χ1) is 8.08. The highest BCUT2D eigenvalue weighted by Crippen LogP contribution is 2.29. The van der Waals surface area contributed by atoms with Crippen molar-refractivity contribution in [1.82, 2.24) is 0 Å². The molecule has 0 aromatic heterocycles. The Kier molecular flexibility index (Phi) is 4.23. The molecule has 4 atom stereocenters. The summed E-state index contributed by atoms with van der Waals surface area (Å²) >= 11 is 5.93. The summed E-state index contributed by atoms with van der Waals surface area (Å²) in [5, 5.41) is 0.700. The van der Waals surface area contributed by atoms with E-state index in [-0.39, 0.29) is 11.3 Å². The smallest absolute Gasteiger partial charge is 0.0577 e. The van der Waals surface area contributed by atoms with E-state index in [1.165, 1.54) is 0 Å². The standard InChI is InChI=1S/C13H18ClNOS/c1-9-5-6-12(15)13(7-9)17(16)11-4-2-3-10(14)8-11/h2-4,8-9,12-13H,5-7,15H2,1H3. The molecule has 0 radical (unpaired) electrons. The molecule has 0 bridgehead atoms. The highest BCUT2D eigenvalue weighted by molar-refractivity contribution is 7.85. The Morgan fingerprint density at radius 1 is 1.41 bits per heavy atom. The normalized spacial score (nSPS) is 31.1. The zero-order chi connectivity index (χ0) is 12.4. The van der Waals surface area contributed by atoms with E-state index in [4.69, 9.17) is 17.3 Å². The fourth-order valence-electron chi connectivity index (χ4n) is 2.37. The predicted molar refractivity (Wildman–Crippen MR) is 72.6 cm³/mol. The highest BCUT2D eigenvalue weighted by atomic mass is 35.5.